The van der Waals surface area contributed by atoms with Gasteiger partial charge in [0, 0.05) is 44.8 Å². The van der Waals surface area contributed by atoms with Gasteiger partial charge in [-0.25, -0.2) is 0 Å². The lowest BCUT2D eigenvalue weighted by molar-refractivity contribution is -0.131. The number of nitrogens with zero attached hydrogens (tertiary/aromatic N) is 4. The van der Waals surface area contributed by atoms with E-state index < -0.39 is 0 Å². The highest BCUT2D eigenvalue weighted by Crippen LogP contribution is 2.23. The molecule has 1 saturated heterocycles. The number of anilines is 1. The number of ether oxygens (including phenoxy) is 1. The van der Waals surface area contributed by atoms with Crippen LogP contribution < -0.4 is 9.64 Å². The van der Waals surface area contributed by atoms with Crippen LogP contribution in [-0.2, 0) is 11.3 Å². The SMILES string of the molecule is COc1ccc(N2CCCN(C(=O)CCn3c(-c4cccs4)n[nH]c3=S)CC2)cc1. The minimum Gasteiger partial charge on any atom is -0.497 e. The number of benzene rings is 1. The largest absolute Gasteiger partial charge is 0.497 e. The van der Waals surface area contributed by atoms with Crippen LogP contribution in [0.2, 0.25) is 0 Å². The van der Waals surface area contributed by atoms with Gasteiger partial charge in [-0.2, -0.15) is 5.10 Å². The summed E-state index contributed by atoms with van der Waals surface area (Å²) in [6, 6.07) is 12.1. The minimum atomic E-state index is 0.159. The second-order valence-electron chi connectivity index (χ2n) is 7.15. The molecule has 158 valence electrons. The van der Waals surface area contributed by atoms with Crippen molar-refractivity contribution in [1.29, 1.82) is 0 Å². The molecular weight excluding hydrogens is 418 g/mol. The number of H-pyrrole nitrogens is 1. The normalized spacial score (nSPS) is 14.6. The zero-order valence-electron chi connectivity index (χ0n) is 16.9. The van der Waals surface area contributed by atoms with E-state index in [2.05, 4.69) is 27.2 Å². The Balaban J connectivity index is 1.36. The second kappa shape index (κ2) is 9.44. The van der Waals surface area contributed by atoms with Gasteiger partial charge in [0.1, 0.15) is 5.75 Å². The van der Waals surface area contributed by atoms with Gasteiger partial charge in [0.25, 0.3) is 0 Å². The van der Waals surface area contributed by atoms with Gasteiger partial charge in [0.15, 0.2) is 10.6 Å². The number of rotatable bonds is 6. The maximum absolute atomic E-state index is 12.9. The van der Waals surface area contributed by atoms with Gasteiger partial charge in [0.05, 0.1) is 12.0 Å². The number of thiophene rings is 1. The lowest BCUT2D eigenvalue weighted by atomic mass is 10.2. The van der Waals surface area contributed by atoms with Crippen molar-refractivity contribution in [3.63, 3.8) is 0 Å². The highest BCUT2D eigenvalue weighted by molar-refractivity contribution is 7.71. The van der Waals surface area contributed by atoms with Gasteiger partial charge >= 0.3 is 0 Å². The van der Waals surface area contributed by atoms with E-state index in [0.717, 1.165) is 54.7 Å². The molecular formula is C21H25N5O2S2. The summed E-state index contributed by atoms with van der Waals surface area (Å²) < 4.78 is 7.71. The molecule has 0 unspecified atom stereocenters. The highest BCUT2D eigenvalue weighted by atomic mass is 32.1. The number of carbonyl (C=O) groups is 1. The van der Waals surface area contributed by atoms with Crippen molar-refractivity contribution in [3.05, 3.63) is 46.5 Å². The van der Waals surface area contributed by atoms with Crippen molar-refractivity contribution >= 4 is 35.1 Å². The van der Waals surface area contributed by atoms with E-state index in [1.54, 1.807) is 18.4 Å². The predicted octanol–water partition coefficient (Wildman–Crippen LogP) is 3.81. The first-order chi connectivity index (χ1) is 14.7. The molecule has 0 atom stereocenters. The molecule has 4 rings (SSSR count). The Morgan fingerprint density at radius 2 is 2.03 bits per heavy atom. The summed E-state index contributed by atoms with van der Waals surface area (Å²) in [5.74, 6) is 1.81. The zero-order valence-corrected chi connectivity index (χ0v) is 18.5. The first-order valence-corrected chi connectivity index (χ1v) is 11.3. The van der Waals surface area contributed by atoms with Crippen LogP contribution in [0.4, 0.5) is 5.69 Å². The summed E-state index contributed by atoms with van der Waals surface area (Å²) in [5.41, 5.74) is 1.16. The topological polar surface area (TPSA) is 66.4 Å². The first kappa shape index (κ1) is 20.6. The highest BCUT2D eigenvalue weighted by Gasteiger charge is 2.20. The van der Waals surface area contributed by atoms with E-state index in [0.29, 0.717) is 17.7 Å². The summed E-state index contributed by atoms with van der Waals surface area (Å²) in [6.45, 7) is 3.79. The summed E-state index contributed by atoms with van der Waals surface area (Å²) in [7, 11) is 1.67. The Morgan fingerprint density at radius 1 is 1.20 bits per heavy atom. The van der Waals surface area contributed by atoms with Crippen LogP contribution in [0.15, 0.2) is 41.8 Å². The number of methoxy groups -OCH3 is 1. The van der Waals surface area contributed by atoms with Crippen molar-refractivity contribution in [3.8, 4) is 16.5 Å². The maximum Gasteiger partial charge on any atom is 0.224 e. The van der Waals surface area contributed by atoms with Crippen LogP contribution in [0.1, 0.15) is 12.8 Å². The molecule has 1 aromatic carbocycles. The molecule has 1 N–H and O–H groups in total. The molecule has 0 aliphatic carbocycles. The molecule has 0 radical (unpaired) electrons. The van der Waals surface area contributed by atoms with Crippen LogP contribution in [0.3, 0.4) is 0 Å². The lowest BCUT2D eigenvalue weighted by Gasteiger charge is -2.24. The smallest absolute Gasteiger partial charge is 0.224 e. The number of amides is 1. The summed E-state index contributed by atoms with van der Waals surface area (Å²) in [6.07, 6.45) is 1.36. The quantitative estimate of drug-likeness (QED) is 0.587. The fourth-order valence-corrected chi connectivity index (χ4v) is 4.65. The van der Waals surface area contributed by atoms with Gasteiger partial charge in [0.2, 0.25) is 5.91 Å². The van der Waals surface area contributed by atoms with Crippen LogP contribution in [-0.4, -0.2) is 58.9 Å². The number of aromatic amines is 1. The Morgan fingerprint density at radius 3 is 2.77 bits per heavy atom. The van der Waals surface area contributed by atoms with Crippen molar-refractivity contribution in [1.82, 2.24) is 19.7 Å². The first-order valence-electron chi connectivity index (χ1n) is 10.0. The molecule has 1 fully saturated rings. The number of hydrogen-bond donors (Lipinski definition) is 1. The average molecular weight is 444 g/mol. The van der Waals surface area contributed by atoms with Crippen LogP contribution >= 0.6 is 23.6 Å². The predicted molar refractivity (Wildman–Crippen MR) is 122 cm³/mol. The summed E-state index contributed by atoms with van der Waals surface area (Å²) in [4.78, 5) is 18.2. The molecule has 0 spiro atoms. The van der Waals surface area contributed by atoms with E-state index in [-0.39, 0.29) is 5.91 Å². The molecule has 0 bridgehead atoms. The third kappa shape index (κ3) is 4.57. The van der Waals surface area contributed by atoms with E-state index >= 15 is 0 Å². The minimum absolute atomic E-state index is 0.159. The standard InChI is InChI=1S/C21H25N5O2S2/c1-28-17-7-5-16(6-8-17)24-10-3-11-25(14-13-24)19(27)9-12-26-20(22-23-21(26)29)18-4-2-15-30-18/h2,4-8,15H,3,9-14H2,1H3,(H,23,29). The van der Waals surface area contributed by atoms with Gasteiger partial charge < -0.3 is 14.5 Å². The Hall–Kier alpha value is -2.65. The number of hydrogen-bond acceptors (Lipinski definition) is 6. The number of carbonyl (C=O) groups excluding carboxylic acids is 1. The molecule has 1 aliphatic rings. The van der Waals surface area contributed by atoms with Crippen molar-refractivity contribution in [2.75, 3.05) is 38.2 Å². The van der Waals surface area contributed by atoms with E-state index in [1.807, 2.05) is 39.1 Å². The summed E-state index contributed by atoms with van der Waals surface area (Å²) in [5, 5.41) is 9.20. The monoisotopic (exact) mass is 443 g/mol. The Labute approximate surface area is 184 Å². The van der Waals surface area contributed by atoms with Crippen LogP contribution in [0, 0.1) is 4.77 Å². The molecule has 0 saturated carbocycles. The van der Waals surface area contributed by atoms with E-state index in [4.69, 9.17) is 17.0 Å². The molecule has 2 aromatic heterocycles. The molecule has 1 aliphatic heterocycles. The Bertz CT molecular complexity index is 1030. The maximum atomic E-state index is 12.9. The molecule has 1 amide bonds. The number of aromatic nitrogens is 3. The molecule has 30 heavy (non-hydrogen) atoms. The lowest BCUT2D eigenvalue weighted by Crippen LogP contribution is -2.35. The van der Waals surface area contributed by atoms with Crippen molar-refractivity contribution in [2.45, 2.75) is 19.4 Å². The van der Waals surface area contributed by atoms with Crippen molar-refractivity contribution in [2.24, 2.45) is 0 Å². The second-order valence-corrected chi connectivity index (χ2v) is 8.49. The van der Waals surface area contributed by atoms with Gasteiger partial charge in [-0.3, -0.25) is 14.5 Å². The zero-order chi connectivity index (χ0) is 20.9. The third-order valence-corrected chi connectivity index (χ3v) is 6.51. The third-order valence-electron chi connectivity index (χ3n) is 5.34. The fraction of sp³-hybridized carbons (Fsp3) is 0.381. The van der Waals surface area contributed by atoms with E-state index in [1.165, 1.54) is 0 Å². The fourth-order valence-electron chi connectivity index (χ4n) is 3.70. The number of nitrogens with one attached hydrogen (secondary N) is 1. The van der Waals surface area contributed by atoms with Crippen LogP contribution in [0.5, 0.6) is 5.75 Å². The molecule has 3 aromatic rings. The molecule has 7 nitrogen and oxygen atoms in total. The van der Waals surface area contributed by atoms with E-state index in [9.17, 15) is 4.79 Å². The van der Waals surface area contributed by atoms with Gasteiger partial charge in [-0.15, -0.1) is 11.3 Å². The van der Waals surface area contributed by atoms with Crippen molar-refractivity contribution < 1.29 is 9.53 Å². The van der Waals surface area contributed by atoms with Gasteiger partial charge in [-0.05, 0) is 54.4 Å². The molecule has 9 heteroatoms. The van der Waals surface area contributed by atoms with Gasteiger partial charge in [-0.1, -0.05) is 6.07 Å². The van der Waals surface area contributed by atoms with Crippen LogP contribution in [0.25, 0.3) is 10.7 Å². The Kier molecular flexibility index (Phi) is 6.49. The average Bonchev–Trinajstić information content (AvgIpc) is 3.35. The molecule has 3 heterocycles. The summed E-state index contributed by atoms with van der Waals surface area (Å²) >= 11 is 6.98.